The minimum absolute atomic E-state index is 0.0167. The summed E-state index contributed by atoms with van der Waals surface area (Å²) in [6.07, 6.45) is 0.470. The first kappa shape index (κ1) is 10.8. The third-order valence-electron chi connectivity index (χ3n) is 1.97. The fraction of sp³-hybridized carbons (Fsp3) is 0.600. The molecule has 0 bridgehead atoms. The molecule has 0 spiro atoms. The van der Waals surface area contributed by atoms with E-state index >= 15 is 0 Å². The largest absolute Gasteiger partial charge is 0.309 e. The Morgan fingerprint density at radius 2 is 2.21 bits per heavy atom. The first-order chi connectivity index (χ1) is 6.43. The van der Waals surface area contributed by atoms with Crippen LogP contribution in [0.15, 0.2) is 6.07 Å². The molecule has 0 fully saturated rings. The Bertz CT molecular complexity index is 322. The second-order valence-electron chi connectivity index (χ2n) is 4.32. The molecule has 1 aromatic heterocycles. The number of nitrogens with zero attached hydrogens (tertiary/aromatic N) is 1. The first-order valence-electron chi connectivity index (χ1n) is 4.79. The number of amides is 1. The van der Waals surface area contributed by atoms with Crippen molar-refractivity contribution >= 4 is 11.7 Å². The Hall–Kier alpha value is -1.32. The van der Waals surface area contributed by atoms with Crippen LogP contribution in [0.2, 0.25) is 0 Å². The Labute approximate surface area is 84.1 Å². The van der Waals surface area contributed by atoms with Gasteiger partial charge in [-0.25, -0.2) is 0 Å². The van der Waals surface area contributed by atoms with Crippen molar-refractivity contribution in [2.45, 2.75) is 39.5 Å². The Morgan fingerprint density at radius 1 is 1.57 bits per heavy atom. The number of rotatable bonds is 2. The fourth-order valence-electron chi connectivity index (χ4n) is 1.00. The van der Waals surface area contributed by atoms with Gasteiger partial charge in [-0.05, 0) is 0 Å². The van der Waals surface area contributed by atoms with Gasteiger partial charge in [0.15, 0.2) is 5.82 Å². The molecule has 1 rings (SSSR count). The summed E-state index contributed by atoms with van der Waals surface area (Å²) in [6, 6.07) is 1.87. The summed E-state index contributed by atoms with van der Waals surface area (Å²) in [7, 11) is 0. The van der Waals surface area contributed by atoms with Crippen LogP contribution in [0.5, 0.6) is 0 Å². The summed E-state index contributed by atoms with van der Waals surface area (Å²) >= 11 is 0. The Kier molecular flexibility index (Phi) is 2.93. The number of carbonyl (C=O) groups is 1. The number of aromatic amines is 1. The normalized spacial score (nSPS) is 11.4. The number of carbonyl (C=O) groups excluding carboxylic acids is 1. The van der Waals surface area contributed by atoms with Gasteiger partial charge in [0.05, 0.1) is 0 Å². The van der Waals surface area contributed by atoms with Crippen molar-refractivity contribution in [2.24, 2.45) is 0 Å². The summed E-state index contributed by atoms with van der Waals surface area (Å²) < 4.78 is 0. The van der Waals surface area contributed by atoms with Crippen LogP contribution in [0.25, 0.3) is 0 Å². The van der Waals surface area contributed by atoms with E-state index < -0.39 is 0 Å². The van der Waals surface area contributed by atoms with E-state index in [1.165, 1.54) is 0 Å². The van der Waals surface area contributed by atoms with E-state index in [-0.39, 0.29) is 11.3 Å². The topological polar surface area (TPSA) is 57.8 Å². The molecule has 0 aliphatic carbocycles. The van der Waals surface area contributed by atoms with Gasteiger partial charge < -0.3 is 5.32 Å². The van der Waals surface area contributed by atoms with Crippen molar-refractivity contribution < 1.29 is 4.79 Å². The zero-order chi connectivity index (χ0) is 10.8. The molecule has 0 atom stereocenters. The van der Waals surface area contributed by atoms with Crippen LogP contribution >= 0.6 is 0 Å². The lowest BCUT2D eigenvalue weighted by molar-refractivity contribution is -0.115. The van der Waals surface area contributed by atoms with Gasteiger partial charge in [-0.3, -0.25) is 9.89 Å². The van der Waals surface area contributed by atoms with Crippen molar-refractivity contribution in [3.05, 3.63) is 11.8 Å². The van der Waals surface area contributed by atoms with Crippen molar-refractivity contribution in [1.29, 1.82) is 0 Å². The van der Waals surface area contributed by atoms with Gasteiger partial charge in [0, 0.05) is 23.6 Å². The second kappa shape index (κ2) is 3.82. The zero-order valence-corrected chi connectivity index (χ0v) is 9.14. The molecule has 1 amide bonds. The molecule has 2 N–H and O–H groups in total. The summed E-state index contributed by atoms with van der Waals surface area (Å²) in [5.74, 6) is 0.582. The summed E-state index contributed by atoms with van der Waals surface area (Å²) in [6.45, 7) is 8.08. The van der Waals surface area contributed by atoms with E-state index in [2.05, 4.69) is 36.3 Å². The van der Waals surface area contributed by atoms with E-state index in [1.54, 1.807) is 0 Å². The predicted molar refractivity (Wildman–Crippen MR) is 56.2 cm³/mol. The summed E-state index contributed by atoms with van der Waals surface area (Å²) in [4.78, 5) is 11.1. The molecular formula is C10H17N3O. The minimum atomic E-state index is -0.0167. The van der Waals surface area contributed by atoms with Crippen LogP contribution in [-0.2, 0) is 10.2 Å². The average Bonchev–Trinajstić information content (AvgIpc) is 2.51. The van der Waals surface area contributed by atoms with Crippen LogP contribution in [0.4, 0.5) is 5.82 Å². The van der Waals surface area contributed by atoms with Crippen LogP contribution in [0.1, 0.15) is 39.8 Å². The van der Waals surface area contributed by atoms with E-state index in [0.717, 1.165) is 5.69 Å². The highest BCUT2D eigenvalue weighted by atomic mass is 16.1. The molecule has 4 nitrogen and oxygen atoms in total. The molecule has 14 heavy (non-hydrogen) atoms. The molecule has 0 radical (unpaired) electrons. The number of H-pyrrole nitrogens is 1. The average molecular weight is 195 g/mol. The molecule has 0 saturated heterocycles. The molecule has 0 aliphatic rings. The van der Waals surface area contributed by atoms with E-state index in [0.29, 0.717) is 12.2 Å². The molecule has 0 aromatic carbocycles. The van der Waals surface area contributed by atoms with E-state index in [4.69, 9.17) is 0 Å². The number of nitrogens with one attached hydrogen (secondary N) is 2. The highest BCUT2D eigenvalue weighted by Crippen LogP contribution is 2.21. The molecule has 0 unspecified atom stereocenters. The summed E-state index contributed by atoms with van der Waals surface area (Å²) in [5, 5.41) is 9.63. The fourth-order valence-corrected chi connectivity index (χ4v) is 1.00. The molecule has 0 saturated carbocycles. The number of aromatic nitrogens is 2. The number of hydrogen-bond donors (Lipinski definition) is 2. The van der Waals surface area contributed by atoms with Crippen molar-refractivity contribution in [1.82, 2.24) is 10.2 Å². The quantitative estimate of drug-likeness (QED) is 0.758. The van der Waals surface area contributed by atoms with Gasteiger partial charge in [0.1, 0.15) is 0 Å². The van der Waals surface area contributed by atoms with Gasteiger partial charge >= 0.3 is 0 Å². The van der Waals surface area contributed by atoms with Crippen LogP contribution in [-0.4, -0.2) is 16.1 Å². The molecular weight excluding hydrogens is 178 g/mol. The second-order valence-corrected chi connectivity index (χ2v) is 4.32. The smallest absolute Gasteiger partial charge is 0.225 e. The maximum absolute atomic E-state index is 11.1. The Balaban J connectivity index is 2.74. The van der Waals surface area contributed by atoms with Crippen LogP contribution in [0, 0.1) is 0 Å². The lowest BCUT2D eigenvalue weighted by Gasteiger charge is -2.14. The highest BCUT2D eigenvalue weighted by molar-refractivity contribution is 5.89. The van der Waals surface area contributed by atoms with Crippen LogP contribution in [0.3, 0.4) is 0 Å². The maximum atomic E-state index is 11.1. The lowest BCUT2D eigenvalue weighted by Crippen LogP contribution is -2.11. The number of anilines is 1. The van der Waals surface area contributed by atoms with Crippen LogP contribution < -0.4 is 5.32 Å². The molecule has 78 valence electrons. The Morgan fingerprint density at radius 3 is 2.64 bits per heavy atom. The molecule has 0 aliphatic heterocycles. The first-order valence-corrected chi connectivity index (χ1v) is 4.79. The predicted octanol–water partition coefficient (Wildman–Crippen LogP) is 2.06. The lowest BCUT2D eigenvalue weighted by atomic mass is 9.92. The van der Waals surface area contributed by atoms with Gasteiger partial charge in [-0.1, -0.05) is 27.7 Å². The van der Waals surface area contributed by atoms with Gasteiger partial charge in [-0.2, -0.15) is 5.10 Å². The third kappa shape index (κ3) is 2.58. The summed E-state index contributed by atoms with van der Waals surface area (Å²) in [5.41, 5.74) is 1.05. The van der Waals surface area contributed by atoms with Crippen molar-refractivity contribution in [3.63, 3.8) is 0 Å². The number of hydrogen-bond acceptors (Lipinski definition) is 2. The SMILES string of the molecule is CCC(=O)Nc1cc(C(C)(C)C)[nH]n1. The van der Waals surface area contributed by atoms with Gasteiger partial charge in [0.2, 0.25) is 5.91 Å². The maximum Gasteiger partial charge on any atom is 0.225 e. The van der Waals surface area contributed by atoms with Crippen molar-refractivity contribution in [3.8, 4) is 0 Å². The molecule has 1 heterocycles. The zero-order valence-electron chi connectivity index (χ0n) is 9.14. The van der Waals surface area contributed by atoms with E-state index in [9.17, 15) is 4.79 Å². The van der Waals surface area contributed by atoms with Gasteiger partial charge in [0.25, 0.3) is 0 Å². The molecule has 4 heteroatoms. The van der Waals surface area contributed by atoms with Crippen molar-refractivity contribution in [2.75, 3.05) is 5.32 Å². The van der Waals surface area contributed by atoms with Gasteiger partial charge in [-0.15, -0.1) is 0 Å². The van der Waals surface area contributed by atoms with E-state index in [1.807, 2.05) is 13.0 Å². The standard InChI is InChI=1S/C10H17N3O/c1-5-9(14)11-8-6-7(12-13-8)10(2,3)4/h6H,5H2,1-4H3,(H2,11,12,13,14). The minimum Gasteiger partial charge on any atom is -0.309 e. The third-order valence-corrected chi connectivity index (χ3v) is 1.97. The monoisotopic (exact) mass is 195 g/mol. The highest BCUT2D eigenvalue weighted by Gasteiger charge is 2.16. The molecule has 1 aromatic rings.